The van der Waals surface area contributed by atoms with Gasteiger partial charge in [0.05, 0.1) is 5.02 Å². The summed E-state index contributed by atoms with van der Waals surface area (Å²) in [6, 6.07) is 4.25. The Morgan fingerprint density at radius 3 is 2.73 bits per heavy atom. The second kappa shape index (κ2) is 6.44. The Kier molecular flexibility index (Phi) is 4.99. The number of carbonyl (C=O) groups excluding carboxylic acids is 1. The topological polar surface area (TPSA) is 86.7 Å². The van der Waals surface area contributed by atoms with E-state index in [0.717, 1.165) is 0 Å². The first-order valence-electron chi connectivity index (χ1n) is 6.99. The first kappa shape index (κ1) is 17.1. The van der Waals surface area contributed by atoms with Gasteiger partial charge in [-0.2, -0.15) is 0 Å². The molecule has 0 spiro atoms. The van der Waals surface area contributed by atoms with Gasteiger partial charge in [0.2, 0.25) is 15.9 Å². The number of hydrogen-bond donors (Lipinski definition) is 2. The summed E-state index contributed by atoms with van der Waals surface area (Å²) in [5, 5.41) is 9.75. The molecule has 1 aliphatic rings. The van der Waals surface area contributed by atoms with Crippen molar-refractivity contribution in [2.45, 2.75) is 31.2 Å². The lowest BCUT2D eigenvalue weighted by Gasteiger charge is -2.21. The molecular formula is C14H19ClN2O4S. The summed E-state index contributed by atoms with van der Waals surface area (Å²) in [5.74, 6) is -0.515. The maximum absolute atomic E-state index is 12.2. The van der Waals surface area contributed by atoms with Gasteiger partial charge in [-0.15, -0.1) is 0 Å². The quantitative estimate of drug-likeness (QED) is 0.847. The molecule has 1 saturated heterocycles. The number of benzene rings is 1. The molecule has 1 amide bonds. The molecule has 1 aromatic rings. The van der Waals surface area contributed by atoms with E-state index in [2.05, 4.69) is 4.72 Å². The monoisotopic (exact) mass is 346 g/mol. The number of aromatic hydroxyl groups is 1. The Morgan fingerprint density at radius 2 is 2.14 bits per heavy atom. The number of phenols is 1. The largest absolute Gasteiger partial charge is 0.505 e. The zero-order valence-corrected chi connectivity index (χ0v) is 14.0. The molecule has 0 aromatic heterocycles. The average Bonchev–Trinajstić information content (AvgIpc) is 2.81. The SMILES string of the molecule is CC(C)N1CC(CNS(=O)(=O)c2cccc(Cl)c2O)CC1=O. The highest BCUT2D eigenvalue weighted by molar-refractivity contribution is 7.89. The Bertz CT molecular complexity index is 675. The summed E-state index contributed by atoms with van der Waals surface area (Å²) in [6.07, 6.45) is 0.322. The van der Waals surface area contributed by atoms with Crippen molar-refractivity contribution in [1.82, 2.24) is 9.62 Å². The number of nitrogens with one attached hydrogen (secondary N) is 1. The molecule has 6 nitrogen and oxygen atoms in total. The second-order valence-electron chi connectivity index (χ2n) is 5.65. The van der Waals surface area contributed by atoms with Crippen molar-refractivity contribution in [3.05, 3.63) is 23.2 Å². The van der Waals surface area contributed by atoms with Crippen LogP contribution in [-0.2, 0) is 14.8 Å². The summed E-state index contributed by atoms with van der Waals surface area (Å²) in [4.78, 5) is 13.3. The summed E-state index contributed by atoms with van der Waals surface area (Å²) < 4.78 is 26.9. The first-order valence-corrected chi connectivity index (χ1v) is 8.85. The molecule has 1 unspecified atom stereocenters. The number of phenolic OH excluding ortho intramolecular Hbond substituents is 1. The molecule has 0 saturated carbocycles. The molecule has 0 aliphatic carbocycles. The summed E-state index contributed by atoms with van der Waals surface area (Å²) >= 11 is 5.73. The average molecular weight is 347 g/mol. The van der Waals surface area contributed by atoms with Gasteiger partial charge in [-0.05, 0) is 31.9 Å². The van der Waals surface area contributed by atoms with Gasteiger partial charge in [0.15, 0.2) is 5.75 Å². The normalized spacial score (nSPS) is 19.2. The number of para-hydroxylation sites is 1. The van der Waals surface area contributed by atoms with E-state index >= 15 is 0 Å². The van der Waals surface area contributed by atoms with Gasteiger partial charge in [0.1, 0.15) is 4.90 Å². The van der Waals surface area contributed by atoms with Gasteiger partial charge in [0, 0.05) is 25.6 Å². The van der Waals surface area contributed by atoms with Gasteiger partial charge in [-0.1, -0.05) is 17.7 Å². The van der Waals surface area contributed by atoms with E-state index in [9.17, 15) is 18.3 Å². The highest BCUT2D eigenvalue weighted by atomic mass is 35.5. The predicted molar refractivity (Wildman–Crippen MR) is 83.3 cm³/mol. The maximum Gasteiger partial charge on any atom is 0.244 e. The molecule has 1 atom stereocenters. The van der Waals surface area contributed by atoms with Crippen LogP contribution < -0.4 is 4.72 Å². The first-order chi connectivity index (χ1) is 10.2. The zero-order chi connectivity index (χ0) is 16.5. The lowest BCUT2D eigenvalue weighted by Crippen LogP contribution is -2.34. The van der Waals surface area contributed by atoms with Crippen molar-refractivity contribution in [3.8, 4) is 5.75 Å². The van der Waals surface area contributed by atoms with Gasteiger partial charge < -0.3 is 10.0 Å². The number of rotatable bonds is 5. The van der Waals surface area contributed by atoms with Crippen LogP contribution in [-0.4, -0.2) is 43.5 Å². The van der Waals surface area contributed by atoms with Crippen LogP contribution in [0.2, 0.25) is 5.02 Å². The standard InChI is InChI=1S/C14H19ClN2O4S/c1-9(2)17-8-10(6-13(17)18)7-16-22(20,21)12-5-3-4-11(15)14(12)19/h3-5,9-10,16,19H,6-8H2,1-2H3. The molecule has 1 aliphatic heterocycles. The van der Waals surface area contributed by atoms with Gasteiger partial charge >= 0.3 is 0 Å². The van der Waals surface area contributed by atoms with E-state index in [-0.39, 0.29) is 34.3 Å². The van der Waals surface area contributed by atoms with E-state index in [1.807, 2.05) is 13.8 Å². The third-order valence-corrected chi connectivity index (χ3v) is 5.42. The van der Waals surface area contributed by atoms with Crippen molar-refractivity contribution in [2.24, 2.45) is 5.92 Å². The minimum atomic E-state index is -3.87. The van der Waals surface area contributed by atoms with Gasteiger partial charge in [0.25, 0.3) is 0 Å². The number of sulfonamides is 1. The Labute approximate surface area is 135 Å². The molecule has 2 N–H and O–H groups in total. The minimum Gasteiger partial charge on any atom is -0.505 e. The fourth-order valence-electron chi connectivity index (χ4n) is 2.46. The van der Waals surface area contributed by atoms with E-state index in [1.54, 1.807) is 4.90 Å². The maximum atomic E-state index is 12.2. The molecule has 2 rings (SSSR count). The number of hydrogen-bond acceptors (Lipinski definition) is 4. The second-order valence-corrected chi connectivity index (χ2v) is 7.79. The van der Waals surface area contributed by atoms with Crippen molar-refractivity contribution < 1.29 is 18.3 Å². The van der Waals surface area contributed by atoms with Crippen LogP contribution in [0.3, 0.4) is 0 Å². The molecule has 22 heavy (non-hydrogen) atoms. The third-order valence-electron chi connectivity index (χ3n) is 3.66. The van der Waals surface area contributed by atoms with Crippen molar-refractivity contribution in [1.29, 1.82) is 0 Å². The van der Waals surface area contributed by atoms with Crippen molar-refractivity contribution in [3.63, 3.8) is 0 Å². The fraction of sp³-hybridized carbons (Fsp3) is 0.500. The molecule has 1 fully saturated rings. The van der Waals surface area contributed by atoms with Crippen molar-refractivity contribution >= 4 is 27.5 Å². The van der Waals surface area contributed by atoms with E-state index in [4.69, 9.17) is 11.6 Å². The van der Waals surface area contributed by atoms with E-state index in [1.165, 1.54) is 18.2 Å². The number of carbonyl (C=O) groups is 1. The van der Waals surface area contributed by atoms with Crippen LogP contribution in [0.25, 0.3) is 0 Å². The zero-order valence-electron chi connectivity index (χ0n) is 12.4. The number of halogens is 1. The van der Waals surface area contributed by atoms with Crippen LogP contribution in [0.5, 0.6) is 5.75 Å². The summed E-state index contributed by atoms with van der Waals surface area (Å²) in [6.45, 7) is 4.52. The van der Waals surface area contributed by atoms with Crippen LogP contribution in [0, 0.1) is 5.92 Å². The minimum absolute atomic E-state index is 0.0232. The molecule has 0 radical (unpaired) electrons. The number of nitrogens with zero attached hydrogens (tertiary/aromatic N) is 1. The van der Waals surface area contributed by atoms with E-state index < -0.39 is 15.8 Å². The van der Waals surface area contributed by atoms with Crippen LogP contribution in [0.15, 0.2) is 23.1 Å². The number of amides is 1. The predicted octanol–water partition coefficient (Wildman–Crippen LogP) is 1.58. The molecule has 1 heterocycles. The van der Waals surface area contributed by atoms with Crippen LogP contribution in [0.1, 0.15) is 20.3 Å². The Balaban J connectivity index is 2.05. The molecule has 122 valence electrons. The highest BCUT2D eigenvalue weighted by Crippen LogP contribution is 2.30. The third kappa shape index (κ3) is 3.53. The summed E-state index contributed by atoms with van der Waals surface area (Å²) in [7, 11) is -3.87. The lowest BCUT2D eigenvalue weighted by atomic mass is 10.1. The van der Waals surface area contributed by atoms with Gasteiger partial charge in [-0.25, -0.2) is 13.1 Å². The highest BCUT2D eigenvalue weighted by Gasteiger charge is 2.32. The molecular weight excluding hydrogens is 328 g/mol. The van der Waals surface area contributed by atoms with Gasteiger partial charge in [-0.3, -0.25) is 4.79 Å². The molecule has 0 bridgehead atoms. The Hall–Kier alpha value is -1.31. The molecule has 1 aromatic carbocycles. The van der Waals surface area contributed by atoms with E-state index in [0.29, 0.717) is 13.0 Å². The fourth-order valence-corrected chi connectivity index (χ4v) is 3.93. The number of likely N-dealkylation sites (tertiary alicyclic amines) is 1. The molecule has 8 heteroatoms. The van der Waals surface area contributed by atoms with Crippen LogP contribution >= 0.6 is 11.6 Å². The summed E-state index contributed by atoms with van der Waals surface area (Å²) in [5.41, 5.74) is 0. The smallest absolute Gasteiger partial charge is 0.244 e. The Morgan fingerprint density at radius 1 is 1.45 bits per heavy atom. The van der Waals surface area contributed by atoms with Crippen LogP contribution in [0.4, 0.5) is 0 Å². The van der Waals surface area contributed by atoms with Crippen molar-refractivity contribution in [2.75, 3.05) is 13.1 Å². The lowest BCUT2D eigenvalue weighted by molar-refractivity contribution is -0.129.